The van der Waals surface area contributed by atoms with Crippen LogP contribution in [0.4, 0.5) is 0 Å². The van der Waals surface area contributed by atoms with E-state index < -0.39 is 0 Å². The molecule has 0 unspecified atom stereocenters. The lowest BCUT2D eigenvalue weighted by molar-refractivity contribution is -0.143. The number of hydrogen-bond acceptors (Lipinski definition) is 2. The van der Waals surface area contributed by atoms with E-state index in [1.54, 1.807) is 0 Å². The van der Waals surface area contributed by atoms with Crippen molar-refractivity contribution in [3.8, 4) is 0 Å². The average Bonchev–Trinajstić information content (AvgIpc) is 2.65. The van der Waals surface area contributed by atoms with E-state index in [2.05, 4.69) is 48.2 Å². The van der Waals surface area contributed by atoms with Gasteiger partial charge in [0.05, 0.1) is 6.04 Å². The first-order valence-corrected chi connectivity index (χ1v) is 9.38. The number of carbonyl (C=O) groups excluding carboxylic acids is 1. The van der Waals surface area contributed by atoms with Crippen LogP contribution >= 0.6 is 0 Å². The average molecular weight is 336 g/mol. The fraction of sp³-hybridized carbons (Fsp3) is 0.409. The van der Waals surface area contributed by atoms with Crippen LogP contribution in [0.2, 0.25) is 0 Å². The van der Waals surface area contributed by atoms with Gasteiger partial charge in [-0.25, -0.2) is 0 Å². The summed E-state index contributed by atoms with van der Waals surface area (Å²) < 4.78 is 0. The largest absolute Gasteiger partial charge is 0.336 e. The number of hydrogen-bond donors (Lipinski definition) is 0. The topological polar surface area (TPSA) is 23.6 Å². The fourth-order valence-corrected chi connectivity index (χ4v) is 3.55. The molecule has 3 nitrogen and oxygen atoms in total. The van der Waals surface area contributed by atoms with Crippen molar-refractivity contribution < 1.29 is 4.79 Å². The van der Waals surface area contributed by atoms with Gasteiger partial charge in [-0.2, -0.15) is 0 Å². The molecular weight excluding hydrogens is 308 g/mol. The Morgan fingerprint density at radius 3 is 2.08 bits per heavy atom. The molecule has 132 valence electrons. The second-order valence-electron chi connectivity index (χ2n) is 6.86. The van der Waals surface area contributed by atoms with Gasteiger partial charge < -0.3 is 4.90 Å². The van der Waals surface area contributed by atoms with E-state index in [0.29, 0.717) is 5.91 Å². The Bertz CT molecular complexity index is 656. The summed E-state index contributed by atoms with van der Waals surface area (Å²) in [6.45, 7) is 5.53. The van der Waals surface area contributed by atoms with Crippen LogP contribution < -0.4 is 0 Å². The summed E-state index contributed by atoms with van der Waals surface area (Å²) in [5, 5.41) is 0. The number of benzene rings is 2. The minimum absolute atomic E-state index is 0.0117. The molecule has 0 aliphatic carbocycles. The molecule has 1 atom stereocenters. The van der Waals surface area contributed by atoms with E-state index in [-0.39, 0.29) is 6.04 Å². The highest BCUT2D eigenvalue weighted by atomic mass is 16.2. The summed E-state index contributed by atoms with van der Waals surface area (Å²) in [6.07, 6.45) is 3.18. The van der Waals surface area contributed by atoms with Crippen LogP contribution in [0.5, 0.6) is 0 Å². The normalized spacial score (nSPS) is 18.5. The Kier molecular flexibility index (Phi) is 6.24. The van der Waals surface area contributed by atoms with E-state index in [1.807, 2.05) is 29.2 Å². The first kappa shape index (κ1) is 17.7. The van der Waals surface area contributed by atoms with E-state index in [9.17, 15) is 4.79 Å². The van der Waals surface area contributed by atoms with E-state index in [4.69, 9.17) is 0 Å². The van der Waals surface area contributed by atoms with Crippen molar-refractivity contribution >= 4 is 5.91 Å². The molecule has 0 saturated carbocycles. The van der Waals surface area contributed by atoms with Crippen molar-refractivity contribution in [1.82, 2.24) is 9.80 Å². The third kappa shape index (κ3) is 4.70. The van der Waals surface area contributed by atoms with Crippen LogP contribution in [-0.4, -0.2) is 34.8 Å². The van der Waals surface area contributed by atoms with Gasteiger partial charge in [-0.3, -0.25) is 9.69 Å². The minimum Gasteiger partial charge on any atom is -0.336 e. The van der Waals surface area contributed by atoms with Gasteiger partial charge in [-0.05, 0) is 17.5 Å². The predicted molar refractivity (Wildman–Crippen MR) is 102 cm³/mol. The molecule has 1 aliphatic heterocycles. The third-order valence-corrected chi connectivity index (χ3v) is 4.97. The molecule has 0 bridgehead atoms. The van der Waals surface area contributed by atoms with Gasteiger partial charge in [0.25, 0.3) is 0 Å². The van der Waals surface area contributed by atoms with Crippen LogP contribution in [0, 0.1) is 0 Å². The molecule has 3 heteroatoms. The molecule has 2 aromatic rings. The Balaban J connectivity index is 1.70. The molecule has 1 amide bonds. The number of nitrogens with zero attached hydrogens (tertiary/aromatic N) is 2. The lowest BCUT2D eigenvalue weighted by atomic mass is 10.0. The smallest absolute Gasteiger partial charge is 0.240 e. The lowest BCUT2D eigenvalue weighted by Gasteiger charge is -2.41. The van der Waals surface area contributed by atoms with Crippen LogP contribution in [0.25, 0.3) is 0 Å². The van der Waals surface area contributed by atoms with Crippen molar-refractivity contribution in [3.05, 3.63) is 71.8 Å². The van der Waals surface area contributed by atoms with Crippen molar-refractivity contribution in [2.45, 2.75) is 45.3 Å². The molecule has 2 aromatic carbocycles. The SMILES string of the molecule is CCCC[C@H]1C(=O)N(Cc2ccccc2)CCN1Cc1ccccc1. The Morgan fingerprint density at radius 2 is 1.48 bits per heavy atom. The second kappa shape index (κ2) is 8.82. The highest BCUT2D eigenvalue weighted by molar-refractivity contribution is 5.82. The zero-order chi connectivity index (χ0) is 17.5. The van der Waals surface area contributed by atoms with Crippen LogP contribution in [0.3, 0.4) is 0 Å². The number of rotatable bonds is 7. The van der Waals surface area contributed by atoms with Crippen molar-refractivity contribution in [2.24, 2.45) is 0 Å². The van der Waals surface area contributed by atoms with Crippen LogP contribution in [0.1, 0.15) is 37.3 Å². The summed E-state index contributed by atoms with van der Waals surface area (Å²) in [6, 6.07) is 20.8. The van der Waals surface area contributed by atoms with Gasteiger partial charge in [0.1, 0.15) is 0 Å². The molecule has 1 saturated heterocycles. The summed E-state index contributed by atoms with van der Waals surface area (Å²) in [4.78, 5) is 17.5. The van der Waals surface area contributed by atoms with Gasteiger partial charge >= 0.3 is 0 Å². The van der Waals surface area contributed by atoms with Crippen LogP contribution in [-0.2, 0) is 17.9 Å². The summed E-state index contributed by atoms with van der Waals surface area (Å²) in [7, 11) is 0. The highest BCUT2D eigenvalue weighted by Gasteiger charge is 2.33. The Labute approximate surface area is 151 Å². The highest BCUT2D eigenvalue weighted by Crippen LogP contribution is 2.21. The number of unbranched alkanes of at least 4 members (excludes halogenated alkanes) is 1. The molecule has 0 N–H and O–H groups in total. The second-order valence-corrected chi connectivity index (χ2v) is 6.86. The molecule has 0 spiro atoms. The van der Waals surface area contributed by atoms with Crippen molar-refractivity contribution in [1.29, 1.82) is 0 Å². The Hall–Kier alpha value is -2.13. The van der Waals surface area contributed by atoms with Crippen molar-refractivity contribution in [2.75, 3.05) is 13.1 Å². The van der Waals surface area contributed by atoms with Crippen LogP contribution in [0.15, 0.2) is 60.7 Å². The molecule has 1 heterocycles. The monoisotopic (exact) mass is 336 g/mol. The predicted octanol–water partition coefficient (Wildman–Crippen LogP) is 4.09. The Morgan fingerprint density at radius 1 is 0.880 bits per heavy atom. The molecule has 0 aromatic heterocycles. The number of amides is 1. The molecule has 3 rings (SSSR count). The molecule has 25 heavy (non-hydrogen) atoms. The lowest BCUT2D eigenvalue weighted by Crippen LogP contribution is -2.56. The zero-order valence-electron chi connectivity index (χ0n) is 15.1. The summed E-state index contributed by atoms with van der Waals surface area (Å²) in [5.74, 6) is 0.291. The molecule has 1 aliphatic rings. The number of carbonyl (C=O) groups is 1. The van der Waals surface area contributed by atoms with Gasteiger partial charge in [-0.1, -0.05) is 80.4 Å². The first-order chi connectivity index (χ1) is 12.3. The first-order valence-electron chi connectivity index (χ1n) is 9.38. The fourth-order valence-electron chi connectivity index (χ4n) is 3.55. The zero-order valence-corrected chi connectivity index (χ0v) is 15.1. The summed E-state index contributed by atoms with van der Waals surface area (Å²) >= 11 is 0. The maximum atomic E-state index is 13.1. The summed E-state index contributed by atoms with van der Waals surface area (Å²) in [5.41, 5.74) is 2.50. The van der Waals surface area contributed by atoms with Gasteiger partial charge in [0.15, 0.2) is 0 Å². The van der Waals surface area contributed by atoms with Gasteiger partial charge in [0.2, 0.25) is 5.91 Å². The number of piperazine rings is 1. The minimum atomic E-state index is 0.0117. The quantitative estimate of drug-likeness (QED) is 0.760. The van der Waals surface area contributed by atoms with Gasteiger partial charge in [-0.15, -0.1) is 0 Å². The van der Waals surface area contributed by atoms with Crippen molar-refractivity contribution in [3.63, 3.8) is 0 Å². The molecule has 1 fully saturated rings. The third-order valence-electron chi connectivity index (χ3n) is 4.97. The maximum Gasteiger partial charge on any atom is 0.240 e. The van der Waals surface area contributed by atoms with Gasteiger partial charge in [0, 0.05) is 26.2 Å². The van der Waals surface area contributed by atoms with E-state index >= 15 is 0 Å². The molecule has 0 radical (unpaired) electrons. The maximum absolute atomic E-state index is 13.1. The van der Waals surface area contributed by atoms with E-state index in [1.165, 1.54) is 11.1 Å². The molecular formula is C22H28N2O. The van der Waals surface area contributed by atoms with E-state index in [0.717, 1.165) is 45.4 Å². The standard InChI is InChI=1S/C22H28N2O/c1-2-3-14-21-22(25)24(18-20-12-8-5-9-13-20)16-15-23(21)17-19-10-6-4-7-11-19/h4-13,21H,2-3,14-18H2,1H3/t21-/m0/s1.